The van der Waals surface area contributed by atoms with Gasteiger partial charge in [-0.05, 0) is 4.32 Å². The maximum atomic E-state index is 4.60. The summed E-state index contributed by atoms with van der Waals surface area (Å²) in [4.78, 5) is 4.60. The SMILES string of the molecule is CON(C)C(=S)[S-].[K+]. The van der Waals surface area contributed by atoms with Gasteiger partial charge >= 0.3 is 51.4 Å². The predicted octanol–water partition coefficient (Wildman–Crippen LogP) is -2.68. The molecule has 0 aliphatic rings. The Hall–Kier alpha value is 1.71. The van der Waals surface area contributed by atoms with Gasteiger partial charge in [0.1, 0.15) is 0 Å². The Balaban J connectivity index is 0. The Morgan fingerprint density at radius 1 is 1.75 bits per heavy atom. The zero-order valence-corrected chi connectivity index (χ0v) is 9.93. The maximum absolute atomic E-state index is 4.60. The first-order chi connectivity index (χ1) is 3.18. The van der Waals surface area contributed by atoms with Gasteiger partial charge in [0.05, 0.1) is 7.11 Å². The Kier molecular flexibility index (Phi) is 10.6. The van der Waals surface area contributed by atoms with Gasteiger partial charge in [0.2, 0.25) is 0 Å². The van der Waals surface area contributed by atoms with Crippen LogP contribution in [-0.2, 0) is 17.5 Å². The number of hydrogen-bond acceptors (Lipinski definition) is 3. The maximum Gasteiger partial charge on any atom is 1.00 e. The van der Waals surface area contributed by atoms with E-state index in [0.717, 1.165) is 0 Å². The molecule has 0 aliphatic heterocycles. The van der Waals surface area contributed by atoms with E-state index in [0.29, 0.717) is 4.32 Å². The standard InChI is InChI=1S/C3H7NOS2.K/c1-4(5-2)3(6)7;/h1-2H3,(H,6,7);/q;+1/p-1. The molecule has 0 aromatic heterocycles. The first kappa shape index (κ1) is 12.4. The molecule has 5 heteroatoms. The third-order valence-corrected chi connectivity index (χ3v) is 1.05. The van der Waals surface area contributed by atoms with Crippen LogP contribution < -0.4 is 51.4 Å². The Labute approximate surface area is 103 Å². The molecule has 0 fully saturated rings. The van der Waals surface area contributed by atoms with Crippen molar-refractivity contribution in [3.8, 4) is 0 Å². The van der Waals surface area contributed by atoms with E-state index in [9.17, 15) is 0 Å². The minimum atomic E-state index is 0. The Morgan fingerprint density at radius 3 is 2.12 bits per heavy atom. The number of thiocarbonyl (C=S) groups is 1. The van der Waals surface area contributed by atoms with Crippen LogP contribution in [0.2, 0.25) is 0 Å². The van der Waals surface area contributed by atoms with Gasteiger partial charge in [-0.1, -0.05) is 0 Å². The van der Waals surface area contributed by atoms with Crippen LogP contribution in [0, 0.1) is 0 Å². The molecule has 0 atom stereocenters. The Morgan fingerprint density at radius 2 is 2.12 bits per heavy atom. The topological polar surface area (TPSA) is 12.5 Å². The van der Waals surface area contributed by atoms with Crippen LogP contribution in [0.25, 0.3) is 0 Å². The normalized spacial score (nSPS) is 7.25. The molecule has 0 saturated carbocycles. The molecular formula is C3H6KNOS2. The van der Waals surface area contributed by atoms with Gasteiger partial charge in [-0.2, -0.15) is 0 Å². The number of nitrogens with zero attached hydrogens (tertiary/aromatic N) is 1. The number of hydroxylamine groups is 2. The Bertz CT molecular complexity index is 79.7. The van der Waals surface area contributed by atoms with Crippen molar-refractivity contribution in [1.29, 1.82) is 0 Å². The van der Waals surface area contributed by atoms with Crippen molar-refractivity contribution in [1.82, 2.24) is 5.06 Å². The molecule has 42 valence electrons. The summed E-state index contributed by atoms with van der Waals surface area (Å²) in [6.45, 7) is 0. The summed E-state index contributed by atoms with van der Waals surface area (Å²) in [7, 11) is 3.17. The van der Waals surface area contributed by atoms with Gasteiger partial charge in [0.15, 0.2) is 0 Å². The van der Waals surface area contributed by atoms with Crippen LogP contribution in [0.4, 0.5) is 0 Å². The second-order valence-electron chi connectivity index (χ2n) is 0.946. The van der Waals surface area contributed by atoms with Crippen molar-refractivity contribution < 1.29 is 56.2 Å². The summed E-state index contributed by atoms with van der Waals surface area (Å²) in [5.74, 6) is 0. The fourth-order valence-corrected chi connectivity index (χ4v) is 0.224. The van der Waals surface area contributed by atoms with Crippen molar-refractivity contribution >= 4 is 29.2 Å². The molecule has 0 spiro atoms. The smallest absolute Gasteiger partial charge is 0.409 e. The molecule has 2 nitrogen and oxygen atoms in total. The summed E-state index contributed by atoms with van der Waals surface area (Å²) in [6.07, 6.45) is 0. The molecule has 0 amide bonds. The quantitative estimate of drug-likeness (QED) is 0.186. The molecule has 0 bridgehead atoms. The molecule has 0 N–H and O–H groups in total. The van der Waals surface area contributed by atoms with Gasteiger partial charge in [-0.15, -0.1) is 0 Å². The monoisotopic (exact) mass is 175 g/mol. The third kappa shape index (κ3) is 5.84. The van der Waals surface area contributed by atoms with Crippen LogP contribution in [0.15, 0.2) is 0 Å². The van der Waals surface area contributed by atoms with Gasteiger partial charge in [0, 0.05) is 7.05 Å². The predicted molar refractivity (Wildman–Crippen MR) is 34.7 cm³/mol. The summed E-state index contributed by atoms with van der Waals surface area (Å²) in [5.41, 5.74) is 0. The molecule has 0 aromatic carbocycles. The van der Waals surface area contributed by atoms with Gasteiger partial charge in [0.25, 0.3) is 0 Å². The van der Waals surface area contributed by atoms with Gasteiger partial charge in [-0.3, -0.25) is 9.90 Å². The van der Waals surface area contributed by atoms with Crippen LogP contribution in [-0.4, -0.2) is 23.5 Å². The van der Waals surface area contributed by atoms with E-state index in [1.807, 2.05) is 0 Å². The first-order valence-corrected chi connectivity index (χ1v) is 2.49. The van der Waals surface area contributed by atoms with Crippen molar-refractivity contribution in [2.45, 2.75) is 0 Å². The van der Waals surface area contributed by atoms with Crippen molar-refractivity contribution in [3.05, 3.63) is 0 Å². The van der Waals surface area contributed by atoms with Gasteiger partial charge in [-0.25, -0.2) is 0 Å². The second-order valence-corrected chi connectivity index (χ2v) is 1.98. The molecular weight excluding hydrogens is 169 g/mol. The van der Waals surface area contributed by atoms with Crippen molar-refractivity contribution in [2.75, 3.05) is 14.2 Å². The van der Waals surface area contributed by atoms with E-state index in [1.54, 1.807) is 7.05 Å². The molecule has 0 aliphatic carbocycles. The summed E-state index contributed by atoms with van der Waals surface area (Å²) >= 11 is 9.07. The molecule has 0 aromatic rings. The third-order valence-electron chi connectivity index (χ3n) is 0.531. The van der Waals surface area contributed by atoms with E-state index in [-0.39, 0.29) is 51.4 Å². The van der Waals surface area contributed by atoms with E-state index < -0.39 is 0 Å². The average Bonchev–Trinajstić information content (AvgIpc) is 1.65. The zero-order chi connectivity index (χ0) is 5.86. The van der Waals surface area contributed by atoms with Crippen LogP contribution in [0.5, 0.6) is 0 Å². The molecule has 0 rings (SSSR count). The number of rotatable bonds is 1. The second kappa shape index (κ2) is 6.82. The average molecular weight is 175 g/mol. The van der Waals surface area contributed by atoms with Gasteiger partial charge < -0.3 is 24.8 Å². The minimum absolute atomic E-state index is 0. The van der Waals surface area contributed by atoms with E-state index in [2.05, 4.69) is 29.7 Å². The molecule has 0 heterocycles. The van der Waals surface area contributed by atoms with E-state index >= 15 is 0 Å². The van der Waals surface area contributed by atoms with Crippen molar-refractivity contribution in [3.63, 3.8) is 0 Å². The molecule has 0 saturated heterocycles. The summed E-state index contributed by atoms with van der Waals surface area (Å²) in [6, 6.07) is 0. The van der Waals surface area contributed by atoms with Crippen LogP contribution in [0.3, 0.4) is 0 Å². The number of hydrogen-bond donors (Lipinski definition) is 0. The van der Waals surface area contributed by atoms with E-state index in [1.165, 1.54) is 12.2 Å². The first-order valence-electron chi connectivity index (χ1n) is 1.67. The van der Waals surface area contributed by atoms with E-state index in [4.69, 9.17) is 0 Å². The molecule has 0 unspecified atom stereocenters. The zero-order valence-electron chi connectivity index (χ0n) is 5.17. The van der Waals surface area contributed by atoms with Crippen LogP contribution in [0.1, 0.15) is 0 Å². The minimum Gasteiger partial charge on any atom is -0.409 e. The summed E-state index contributed by atoms with van der Waals surface area (Å²) in [5, 5.41) is 1.34. The molecule has 0 radical (unpaired) electrons. The summed E-state index contributed by atoms with van der Waals surface area (Å²) < 4.78 is 0.322. The largest absolute Gasteiger partial charge is 1.00 e. The molecule has 8 heavy (non-hydrogen) atoms. The fourth-order valence-electron chi connectivity index (χ4n) is 0.0745. The van der Waals surface area contributed by atoms with Crippen molar-refractivity contribution in [2.24, 2.45) is 0 Å². The fraction of sp³-hybridized carbons (Fsp3) is 0.667. The van der Waals surface area contributed by atoms with Crippen LogP contribution >= 0.6 is 12.2 Å².